The van der Waals surface area contributed by atoms with Gasteiger partial charge in [-0.25, -0.2) is 0 Å². The van der Waals surface area contributed by atoms with Crippen molar-refractivity contribution >= 4 is 11.5 Å². The Balaban J connectivity index is 2.50. The molecule has 1 heterocycles. The molecule has 3 nitrogen and oxygen atoms in total. The number of aromatic nitrogens is 1. The molecule has 0 amide bonds. The summed E-state index contributed by atoms with van der Waals surface area (Å²) in [6.07, 6.45) is 1.60. The first-order valence-electron chi connectivity index (χ1n) is 5.01. The third-order valence-corrected chi connectivity index (χ3v) is 2.44. The monoisotopic (exact) mass is 212 g/mol. The minimum atomic E-state index is -0.0799. The quantitative estimate of drug-likeness (QED) is 0.776. The number of aryl methyl sites for hydroxylation is 1. The molecule has 0 aliphatic carbocycles. The predicted molar refractivity (Wildman–Crippen MR) is 63.3 cm³/mol. The molecule has 16 heavy (non-hydrogen) atoms. The highest BCUT2D eigenvalue weighted by molar-refractivity contribution is 6.12. The van der Waals surface area contributed by atoms with Gasteiger partial charge in [-0.2, -0.15) is 0 Å². The average molecular weight is 212 g/mol. The Bertz CT molecular complexity index is 500. The molecular weight excluding hydrogens is 200 g/mol. The fourth-order valence-electron chi connectivity index (χ4n) is 1.62. The van der Waals surface area contributed by atoms with Gasteiger partial charge in [0.25, 0.3) is 0 Å². The molecule has 80 valence electrons. The molecule has 0 aliphatic heterocycles. The van der Waals surface area contributed by atoms with Gasteiger partial charge in [-0.1, -0.05) is 30.3 Å². The maximum Gasteiger partial charge on any atom is 0.196 e. The van der Waals surface area contributed by atoms with Gasteiger partial charge in [-0.3, -0.25) is 9.78 Å². The largest absolute Gasteiger partial charge is 0.398 e. The maximum absolute atomic E-state index is 12.2. The van der Waals surface area contributed by atoms with Crippen LogP contribution in [0.3, 0.4) is 0 Å². The summed E-state index contributed by atoms with van der Waals surface area (Å²) in [4.78, 5) is 16.3. The van der Waals surface area contributed by atoms with Crippen LogP contribution < -0.4 is 5.73 Å². The summed E-state index contributed by atoms with van der Waals surface area (Å²) in [7, 11) is 0. The fourth-order valence-corrected chi connectivity index (χ4v) is 1.62. The summed E-state index contributed by atoms with van der Waals surface area (Å²) < 4.78 is 0. The SMILES string of the molecule is Cc1nccc(N)c1C(=O)c1ccccc1. The van der Waals surface area contributed by atoms with Gasteiger partial charge in [0.2, 0.25) is 0 Å². The van der Waals surface area contributed by atoms with Crippen LogP contribution in [0.15, 0.2) is 42.6 Å². The Hall–Kier alpha value is -2.16. The second-order valence-electron chi connectivity index (χ2n) is 3.56. The Kier molecular flexibility index (Phi) is 2.68. The lowest BCUT2D eigenvalue weighted by Crippen LogP contribution is -2.08. The van der Waals surface area contributed by atoms with Crippen molar-refractivity contribution in [3.05, 3.63) is 59.4 Å². The average Bonchev–Trinajstić information content (AvgIpc) is 2.30. The molecule has 0 saturated carbocycles. The third-order valence-electron chi connectivity index (χ3n) is 2.44. The summed E-state index contributed by atoms with van der Waals surface area (Å²) >= 11 is 0. The predicted octanol–water partition coefficient (Wildman–Crippen LogP) is 2.20. The number of hydrogen-bond acceptors (Lipinski definition) is 3. The van der Waals surface area contributed by atoms with E-state index in [9.17, 15) is 4.79 Å². The van der Waals surface area contributed by atoms with Gasteiger partial charge in [0.15, 0.2) is 5.78 Å². The number of nitrogen functional groups attached to an aromatic ring is 1. The molecule has 0 unspecified atom stereocenters. The zero-order chi connectivity index (χ0) is 11.5. The maximum atomic E-state index is 12.2. The molecule has 3 heteroatoms. The van der Waals surface area contributed by atoms with Gasteiger partial charge < -0.3 is 5.73 Å². The van der Waals surface area contributed by atoms with E-state index in [1.54, 1.807) is 31.3 Å². The number of nitrogens with two attached hydrogens (primary N) is 1. The summed E-state index contributed by atoms with van der Waals surface area (Å²) in [5, 5.41) is 0. The number of anilines is 1. The molecular formula is C13H12N2O. The topological polar surface area (TPSA) is 56.0 Å². The van der Waals surface area contributed by atoms with Gasteiger partial charge in [0.1, 0.15) is 0 Å². The van der Waals surface area contributed by atoms with Crippen molar-refractivity contribution in [2.75, 3.05) is 5.73 Å². The first-order valence-corrected chi connectivity index (χ1v) is 5.01. The van der Waals surface area contributed by atoms with E-state index in [1.807, 2.05) is 18.2 Å². The first-order chi connectivity index (χ1) is 7.70. The number of carbonyl (C=O) groups is 1. The summed E-state index contributed by atoms with van der Waals surface area (Å²) in [6, 6.07) is 10.7. The first kappa shape index (κ1) is 10.4. The standard InChI is InChI=1S/C13H12N2O/c1-9-12(11(14)7-8-15-9)13(16)10-5-3-2-4-6-10/h2-8H,1H3,(H2,14,15). The summed E-state index contributed by atoms with van der Waals surface area (Å²) in [5.74, 6) is -0.0799. The molecule has 1 aromatic carbocycles. The van der Waals surface area contributed by atoms with E-state index in [0.29, 0.717) is 22.5 Å². The number of carbonyl (C=O) groups excluding carboxylic acids is 1. The number of ketones is 1. The van der Waals surface area contributed by atoms with E-state index in [4.69, 9.17) is 5.73 Å². The smallest absolute Gasteiger partial charge is 0.196 e. The van der Waals surface area contributed by atoms with Gasteiger partial charge in [0.05, 0.1) is 11.3 Å². The minimum absolute atomic E-state index is 0.0799. The molecule has 0 spiro atoms. The molecule has 0 aliphatic rings. The highest BCUT2D eigenvalue weighted by Crippen LogP contribution is 2.18. The molecule has 0 bridgehead atoms. The van der Waals surface area contributed by atoms with E-state index >= 15 is 0 Å². The van der Waals surface area contributed by atoms with E-state index < -0.39 is 0 Å². The Morgan fingerprint density at radius 2 is 1.88 bits per heavy atom. The van der Waals surface area contributed by atoms with E-state index in [2.05, 4.69) is 4.98 Å². The van der Waals surface area contributed by atoms with Crippen molar-refractivity contribution in [3.8, 4) is 0 Å². The Labute approximate surface area is 93.9 Å². The van der Waals surface area contributed by atoms with Crippen molar-refractivity contribution in [2.45, 2.75) is 6.92 Å². The lowest BCUT2D eigenvalue weighted by molar-refractivity contribution is 0.103. The van der Waals surface area contributed by atoms with Crippen LogP contribution in [0.2, 0.25) is 0 Å². The van der Waals surface area contributed by atoms with Crippen LogP contribution in [0.5, 0.6) is 0 Å². The van der Waals surface area contributed by atoms with Crippen LogP contribution in [0, 0.1) is 6.92 Å². The lowest BCUT2D eigenvalue weighted by Gasteiger charge is -2.07. The van der Waals surface area contributed by atoms with E-state index in [0.717, 1.165) is 0 Å². The van der Waals surface area contributed by atoms with Gasteiger partial charge >= 0.3 is 0 Å². The fraction of sp³-hybridized carbons (Fsp3) is 0.0769. The number of hydrogen-bond donors (Lipinski definition) is 1. The molecule has 0 radical (unpaired) electrons. The van der Waals surface area contributed by atoms with Crippen LogP contribution in [0.1, 0.15) is 21.6 Å². The number of benzene rings is 1. The highest BCUT2D eigenvalue weighted by atomic mass is 16.1. The van der Waals surface area contributed by atoms with Crippen molar-refractivity contribution < 1.29 is 4.79 Å². The molecule has 0 fully saturated rings. The Morgan fingerprint density at radius 3 is 2.50 bits per heavy atom. The van der Waals surface area contributed by atoms with E-state index in [-0.39, 0.29) is 5.78 Å². The van der Waals surface area contributed by atoms with E-state index in [1.165, 1.54) is 0 Å². The number of rotatable bonds is 2. The van der Waals surface area contributed by atoms with Crippen LogP contribution >= 0.6 is 0 Å². The van der Waals surface area contributed by atoms with Crippen molar-refractivity contribution in [2.24, 2.45) is 0 Å². The van der Waals surface area contributed by atoms with Crippen LogP contribution in [-0.2, 0) is 0 Å². The van der Waals surface area contributed by atoms with Crippen LogP contribution in [-0.4, -0.2) is 10.8 Å². The van der Waals surface area contributed by atoms with Gasteiger partial charge in [-0.15, -0.1) is 0 Å². The zero-order valence-electron chi connectivity index (χ0n) is 8.97. The second-order valence-corrected chi connectivity index (χ2v) is 3.56. The Morgan fingerprint density at radius 1 is 1.19 bits per heavy atom. The molecule has 0 atom stereocenters. The normalized spacial score (nSPS) is 10.1. The number of nitrogens with zero attached hydrogens (tertiary/aromatic N) is 1. The van der Waals surface area contributed by atoms with Crippen molar-refractivity contribution in [3.63, 3.8) is 0 Å². The molecule has 1 aromatic heterocycles. The number of pyridine rings is 1. The second kappa shape index (κ2) is 4.14. The lowest BCUT2D eigenvalue weighted by atomic mass is 10.0. The summed E-state index contributed by atoms with van der Waals surface area (Å²) in [6.45, 7) is 1.78. The van der Waals surface area contributed by atoms with Crippen LogP contribution in [0.4, 0.5) is 5.69 Å². The molecule has 2 aromatic rings. The summed E-state index contributed by atoms with van der Waals surface area (Å²) in [5.41, 5.74) is 8.06. The molecule has 0 saturated heterocycles. The molecule has 2 rings (SSSR count). The van der Waals surface area contributed by atoms with Crippen molar-refractivity contribution in [1.82, 2.24) is 4.98 Å². The van der Waals surface area contributed by atoms with Crippen LogP contribution in [0.25, 0.3) is 0 Å². The minimum Gasteiger partial charge on any atom is -0.398 e. The highest BCUT2D eigenvalue weighted by Gasteiger charge is 2.14. The zero-order valence-corrected chi connectivity index (χ0v) is 8.97. The van der Waals surface area contributed by atoms with Gasteiger partial charge in [0, 0.05) is 17.4 Å². The van der Waals surface area contributed by atoms with Gasteiger partial charge in [-0.05, 0) is 13.0 Å². The third kappa shape index (κ3) is 1.80. The molecule has 2 N–H and O–H groups in total. The van der Waals surface area contributed by atoms with Crippen molar-refractivity contribution in [1.29, 1.82) is 0 Å².